The van der Waals surface area contributed by atoms with E-state index in [9.17, 15) is 4.79 Å². The minimum atomic E-state index is -0.447. The van der Waals surface area contributed by atoms with Crippen LogP contribution in [0.5, 0.6) is 0 Å². The van der Waals surface area contributed by atoms with E-state index in [0.717, 1.165) is 18.8 Å². The zero-order chi connectivity index (χ0) is 12.8. The van der Waals surface area contributed by atoms with E-state index in [1.54, 1.807) is 0 Å². The predicted molar refractivity (Wildman–Crippen MR) is 69.6 cm³/mol. The Morgan fingerprint density at radius 1 is 1.41 bits per heavy atom. The van der Waals surface area contributed by atoms with Crippen LogP contribution in [-0.4, -0.2) is 18.1 Å². The van der Waals surface area contributed by atoms with Gasteiger partial charge in [-0.15, -0.1) is 0 Å². The molecule has 3 heteroatoms. The lowest BCUT2D eigenvalue weighted by Crippen LogP contribution is -2.37. The van der Waals surface area contributed by atoms with Crippen LogP contribution in [0.1, 0.15) is 59.3 Å². The van der Waals surface area contributed by atoms with Gasteiger partial charge in [0.1, 0.15) is 12.1 Å². The molecule has 0 aromatic heterocycles. The molecule has 0 saturated heterocycles. The van der Waals surface area contributed by atoms with E-state index >= 15 is 0 Å². The summed E-state index contributed by atoms with van der Waals surface area (Å²) in [4.78, 5) is 11.8. The predicted octanol–water partition coefficient (Wildman–Crippen LogP) is 2.87. The molecule has 1 aliphatic carbocycles. The molecule has 2 N–H and O–H groups in total. The minimum absolute atomic E-state index is 0.111. The summed E-state index contributed by atoms with van der Waals surface area (Å²) in [7, 11) is 0. The molecule has 1 fully saturated rings. The van der Waals surface area contributed by atoms with Gasteiger partial charge in [-0.1, -0.05) is 33.6 Å². The summed E-state index contributed by atoms with van der Waals surface area (Å²) in [5.74, 6) is 0.954. The van der Waals surface area contributed by atoms with Crippen molar-refractivity contribution in [3.63, 3.8) is 0 Å². The Morgan fingerprint density at radius 3 is 2.71 bits per heavy atom. The SMILES string of the molecule is CCC1CCCC(OC(=O)C(N)CC(C)C)C1. The first-order chi connectivity index (χ1) is 8.02. The second-order valence-electron chi connectivity index (χ2n) is 5.74. The molecule has 0 amide bonds. The van der Waals surface area contributed by atoms with Crippen molar-refractivity contribution in [1.82, 2.24) is 0 Å². The Balaban J connectivity index is 2.34. The van der Waals surface area contributed by atoms with Crippen molar-refractivity contribution in [3.8, 4) is 0 Å². The molecule has 1 aliphatic rings. The molecule has 0 bridgehead atoms. The number of carbonyl (C=O) groups is 1. The molecule has 3 nitrogen and oxygen atoms in total. The van der Waals surface area contributed by atoms with Crippen LogP contribution >= 0.6 is 0 Å². The number of nitrogens with two attached hydrogens (primary N) is 1. The average molecular weight is 241 g/mol. The van der Waals surface area contributed by atoms with Crippen molar-refractivity contribution in [1.29, 1.82) is 0 Å². The third-order valence-electron chi connectivity index (χ3n) is 3.62. The highest BCUT2D eigenvalue weighted by Crippen LogP contribution is 2.28. The summed E-state index contributed by atoms with van der Waals surface area (Å²) in [5.41, 5.74) is 5.83. The average Bonchev–Trinajstić information content (AvgIpc) is 2.28. The maximum Gasteiger partial charge on any atom is 0.323 e. The number of rotatable bonds is 5. The van der Waals surface area contributed by atoms with Gasteiger partial charge >= 0.3 is 5.97 Å². The fourth-order valence-corrected chi connectivity index (χ4v) is 2.58. The number of hydrogen-bond acceptors (Lipinski definition) is 3. The lowest BCUT2D eigenvalue weighted by atomic mass is 9.85. The van der Waals surface area contributed by atoms with Gasteiger partial charge in [-0.3, -0.25) is 4.79 Å². The Kier molecular flexibility index (Phi) is 5.96. The van der Waals surface area contributed by atoms with Crippen molar-refractivity contribution in [2.75, 3.05) is 0 Å². The zero-order valence-electron chi connectivity index (χ0n) is 11.4. The highest BCUT2D eigenvalue weighted by molar-refractivity contribution is 5.75. The molecule has 0 aliphatic heterocycles. The standard InChI is InChI=1S/C14H27NO2/c1-4-11-6-5-7-12(9-11)17-14(16)13(15)8-10(2)3/h10-13H,4-9,15H2,1-3H3. The second-order valence-corrected chi connectivity index (χ2v) is 5.74. The molecular weight excluding hydrogens is 214 g/mol. The van der Waals surface area contributed by atoms with Crippen molar-refractivity contribution in [2.45, 2.75) is 71.4 Å². The maximum absolute atomic E-state index is 11.8. The van der Waals surface area contributed by atoms with Gasteiger partial charge < -0.3 is 10.5 Å². The van der Waals surface area contributed by atoms with Gasteiger partial charge in [-0.25, -0.2) is 0 Å². The Bertz CT molecular complexity index is 240. The van der Waals surface area contributed by atoms with E-state index in [1.165, 1.54) is 19.3 Å². The van der Waals surface area contributed by atoms with Crippen LogP contribution in [-0.2, 0) is 9.53 Å². The summed E-state index contributed by atoms with van der Waals surface area (Å²) in [5, 5.41) is 0. The summed E-state index contributed by atoms with van der Waals surface area (Å²) >= 11 is 0. The lowest BCUT2D eigenvalue weighted by Gasteiger charge is -2.29. The van der Waals surface area contributed by atoms with Crippen LogP contribution in [0.15, 0.2) is 0 Å². The minimum Gasteiger partial charge on any atom is -0.461 e. The van der Waals surface area contributed by atoms with E-state index in [4.69, 9.17) is 10.5 Å². The van der Waals surface area contributed by atoms with Crippen LogP contribution in [0.3, 0.4) is 0 Å². The van der Waals surface area contributed by atoms with Gasteiger partial charge in [0, 0.05) is 0 Å². The van der Waals surface area contributed by atoms with Gasteiger partial charge in [0.05, 0.1) is 0 Å². The summed E-state index contributed by atoms with van der Waals surface area (Å²) in [6.07, 6.45) is 6.50. The van der Waals surface area contributed by atoms with Crippen molar-refractivity contribution in [2.24, 2.45) is 17.6 Å². The molecule has 0 aromatic rings. The van der Waals surface area contributed by atoms with E-state index in [2.05, 4.69) is 20.8 Å². The Morgan fingerprint density at radius 2 is 2.12 bits per heavy atom. The van der Waals surface area contributed by atoms with E-state index < -0.39 is 6.04 Å². The van der Waals surface area contributed by atoms with Crippen molar-refractivity contribution >= 4 is 5.97 Å². The molecule has 3 atom stereocenters. The normalized spacial score (nSPS) is 26.9. The second kappa shape index (κ2) is 7.00. The molecule has 0 aromatic carbocycles. The van der Waals surface area contributed by atoms with E-state index in [1.807, 2.05) is 0 Å². The smallest absolute Gasteiger partial charge is 0.323 e. The number of ether oxygens (including phenoxy) is 1. The highest BCUT2D eigenvalue weighted by atomic mass is 16.5. The van der Waals surface area contributed by atoms with E-state index in [-0.39, 0.29) is 12.1 Å². The molecular formula is C14H27NO2. The lowest BCUT2D eigenvalue weighted by molar-refractivity contribution is -0.153. The molecule has 17 heavy (non-hydrogen) atoms. The van der Waals surface area contributed by atoms with Crippen LogP contribution < -0.4 is 5.73 Å². The van der Waals surface area contributed by atoms with Gasteiger partial charge in [0.2, 0.25) is 0 Å². The maximum atomic E-state index is 11.8. The fraction of sp³-hybridized carbons (Fsp3) is 0.929. The first-order valence-corrected chi connectivity index (χ1v) is 6.99. The number of hydrogen-bond donors (Lipinski definition) is 1. The number of carbonyl (C=O) groups excluding carboxylic acids is 1. The Labute approximate surface area is 105 Å². The summed E-state index contributed by atoms with van der Waals surface area (Å²) in [6, 6.07) is -0.447. The zero-order valence-corrected chi connectivity index (χ0v) is 11.4. The van der Waals surface area contributed by atoms with E-state index in [0.29, 0.717) is 12.3 Å². The van der Waals surface area contributed by atoms with Crippen LogP contribution in [0, 0.1) is 11.8 Å². The first kappa shape index (κ1) is 14.5. The van der Waals surface area contributed by atoms with Crippen molar-refractivity contribution < 1.29 is 9.53 Å². The summed E-state index contributed by atoms with van der Waals surface area (Å²) < 4.78 is 5.52. The highest BCUT2D eigenvalue weighted by Gasteiger charge is 2.26. The van der Waals surface area contributed by atoms with Crippen LogP contribution in [0.2, 0.25) is 0 Å². The largest absolute Gasteiger partial charge is 0.461 e. The molecule has 0 spiro atoms. The van der Waals surface area contributed by atoms with Gasteiger partial charge in [0.25, 0.3) is 0 Å². The van der Waals surface area contributed by atoms with Crippen LogP contribution in [0.4, 0.5) is 0 Å². The molecule has 100 valence electrons. The molecule has 3 unspecified atom stereocenters. The van der Waals surface area contributed by atoms with Crippen LogP contribution in [0.25, 0.3) is 0 Å². The fourth-order valence-electron chi connectivity index (χ4n) is 2.58. The molecule has 1 saturated carbocycles. The topological polar surface area (TPSA) is 52.3 Å². The van der Waals surface area contributed by atoms with Gasteiger partial charge in [0.15, 0.2) is 0 Å². The third-order valence-corrected chi connectivity index (χ3v) is 3.62. The van der Waals surface area contributed by atoms with Gasteiger partial charge in [-0.2, -0.15) is 0 Å². The molecule has 1 rings (SSSR count). The van der Waals surface area contributed by atoms with Crippen molar-refractivity contribution in [3.05, 3.63) is 0 Å². The Hall–Kier alpha value is -0.570. The quantitative estimate of drug-likeness (QED) is 0.753. The summed E-state index contributed by atoms with van der Waals surface area (Å²) in [6.45, 7) is 6.35. The number of esters is 1. The molecule has 0 radical (unpaired) electrons. The van der Waals surface area contributed by atoms with Gasteiger partial charge in [-0.05, 0) is 37.5 Å². The molecule has 0 heterocycles. The third kappa shape index (κ3) is 5.07. The first-order valence-electron chi connectivity index (χ1n) is 6.99. The monoisotopic (exact) mass is 241 g/mol.